The van der Waals surface area contributed by atoms with E-state index in [4.69, 9.17) is 14.2 Å². The van der Waals surface area contributed by atoms with Gasteiger partial charge in [0.25, 0.3) is 0 Å². The molecule has 6 nitrogen and oxygen atoms in total. The first kappa shape index (κ1) is 73.2. The Morgan fingerprint density at radius 2 is 0.440 bits per heavy atom. The first-order valence-corrected chi connectivity index (χ1v) is 34.2. The van der Waals surface area contributed by atoms with E-state index in [0.717, 1.165) is 57.8 Å². The Morgan fingerprint density at radius 3 is 0.667 bits per heavy atom. The van der Waals surface area contributed by atoms with Gasteiger partial charge in [0.1, 0.15) is 13.2 Å². The van der Waals surface area contributed by atoms with Crippen molar-refractivity contribution < 1.29 is 28.6 Å². The molecular formula is C69H132O6. The lowest BCUT2D eigenvalue weighted by Gasteiger charge is -2.18. The van der Waals surface area contributed by atoms with Crippen LogP contribution in [0.4, 0.5) is 0 Å². The average molecular weight is 1060 g/mol. The molecule has 0 heterocycles. The summed E-state index contributed by atoms with van der Waals surface area (Å²) in [6.45, 7) is 6.65. The zero-order valence-corrected chi connectivity index (χ0v) is 51.1. The molecule has 0 saturated carbocycles. The molecule has 0 aromatic rings. The van der Waals surface area contributed by atoms with Gasteiger partial charge in [0.2, 0.25) is 0 Å². The van der Waals surface area contributed by atoms with E-state index in [1.54, 1.807) is 0 Å². The van der Waals surface area contributed by atoms with Crippen LogP contribution >= 0.6 is 0 Å². The standard InChI is InChI=1S/C69H132O6/c1-4-7-10-13-16-18-20-22-24-26-28-30-31-32-33-34-35-36-37-38-40-41-43-45-47-49-51-53-56-59-62-68(71)74-65-66(64-73-67(70)61-58-55-15-12-9-6-3)75-69(72)63-60-57-54-52-50-48-46-44-42-39-29-27-25-23-21-19-17-14-11-8-5-2/h27,29,66H,4-26,28,30-65H2,1-3H3/b29-27-. The summed E-state index contributed by atoms with van der Waals surface area (Å²) in [4.78, 5) is 38.0. The topological polar surface area (TPSA) is 78.9 Å². The van der Waals surface area contributed by atoms with E-state index in [2.05, 4.69) is 32.9 Å². The van der Waals surface area contributed by atoms with Crippen molar-refractivity contribution in [1.82, 2.24) is 0 Å². The molecule has 0 rings (SSSR count). The smallest absolute Gasteiger partial charge is 0.306 e. The first-order valence-electron chi connectivity index (χ1n) is 34.2. The molecule has 0 radical (unpaired) electrons. The Labute approximate surface area is 469 Å². The molecule has 0 N–H and O–H groups in total. The summed E-state index contributed by atoms with van der Waals surface area (Å²) in [6.07, 6.45) is 77.2. The molecular weight excluding hydrogens is 925 g/mol. The Hall–Kier alpha value is -1.85. The van der Waals surface area contributed by atoms with Crippen LogP contribution < -0.4 is 0 Å². The average Bonchev–Trinajstić information content (AvgIpc) is 3.41. The maximum absolute atomic E-state index is 12.8. The van der Waals surface area contributed by atoms with Gasteiger partial charge in [0, 0.05) is 19.3 Å². The Kier molecular flexibility index (Phi) is 63.1. The fraction of sp³-hybridized carbons (Fsp3) is 0.928. The second kappa shape index (κ2) is 64.7. The summed E-state index contributed by atoms with van der Waals surface area (Å²) in [6, 6.07) is 0. The molecule has 6 heteroatoms. The van der Waals surface area contributed by atoms with Crippen molar-refractivity contribution in [3.05, 3.63) is 12.2 Å². The lowest BCUT2D eigenvalue weighted by Crippen LogP contribution is -2.30. The Balaban J connectivity index is 3.95. The molecule has 0 amide bonds. The van der Waals surface area contributed by atoms with Crippen LogP contribution in [0.1, 0.15) is 393 Å². The van der Waals surface area contributed by atoms with E-state index in [9.17, 15) is 14.4 Å². The largest absolute Gasteiger partial charge is 0.462 e. The second-order valence-electron chi connectivity index (χ2n) is 23.5. The maximum atomic E-state index is 12.8. The van der Waals surface area contributed by atoms with Crippen LogP contribution in [-0.4, -0.2) is 37.2 Å². The molecule has 75 heavy (non-hydrogen) atoms. The minimum absolute atomic E-state index is 0.0654. The minimum Gasteiger partial charge on any atom is -0.462 e. The summed E-state index contributed by atoms with van der Waals surface area (Å²) in [5.74, 6) is -0.850. The van der Waals surface area contributed by atoms with Crippen molar-refractivity contribution in [3.63, 3.8) is 0 Å². The molecule has 0 fully saturated rings. The van der Waals surface area contributed by atoms with Crippen LogP contribution in [0.2, 0.25) is 0 Å². The van der Waals surface area contributed by atoms with E-state index >= 15 is 0 Å². The van der Waals surface area contributed by atoms with E-state index < -0.39 is 6.10 Å². The van der Waals surface area contributed by atoms with Gasteiger partial charge in [0.05, 0.1) is 0 Å². The molecule has 0 aliphatic rings. The summed E-state index contributed by atoms with van der Waals surface area (Å²) < 4.78 is 16.8. The summed E-state index contributed by atoms with van der Waals surface area (Å²) in [7, 11) is 0. The van der Waals surface area contributed by atoms with Crippen molar-refractivity contribution in [1.29, 1.82) is 0 Å². The van der Waals surface area contributed by atoms with Crippen LogP contribution in [-0.2, 0) is 28.6 Å². The third-order valence-electron chi connectivity index (χ3n) is 15.8. The Morgan fingerprint density at radius 1 is 0.253 bits per heavy atom. The van der Waals surface area contributed by atoms with Gasteiger partial charge in [-0.1, -0.05) is 341 Å². The predicted octanol–water partition coefficient (Wildman–Crippen LogP) is 23.2. The molecule has 1 unspecified atom stereocenters. The highest BCUT2D eigenvalue weighted by molar-refractivity contribution is 5.71. The van der Waals surface area contributed by atoms with E-state index in [1.807, 2.05) is 0 Å². The summed E-state index contributed by atoms with van der Waals surface area (Å²) >= 11 is 0. The van der Waals surface area contributed by atoms with Gasteiger partial charge >= 0.3 is 17.9 Å². The van der Waals surface area contributed by atoms with E-state index in [-0.39, 0.29) is 31.1 Å². The van der Waals surface area contributed by atoms with Gasteiger partial charge in [-0.3, -0.25) is 14.4 Å². The van der Waals surface area contributed by atoms with Gasteiger partial charge in [-0.2, -0.15) is 0 Å². The molecule has 0 aromatic heterocycles. The van der Waals surface area contributed by atoms with Crippen LogP contribution in [0.25, 0.3) is 0 Å². The number of ether oxygens (including phenoxy) is 3. The third kappa shape index (κ3) is 62.9. The second-order valence-corrected chi connectivity index (χ2v) is 23.5. The van der Waals surface area contributed by atoms with Gasteiger partial charge in [-0.15, -0.1) is 0 Å². The first-order chi connectivity index (χ1) is 37.0. The highest BCUT2D eigenvalue weighted by Crippen LogP contribution is 2.19. The van der Waals surface area contributed by atoms with Crippen LogP contribution in [0, 0.1) is 0 Å². The monoisotopic (exact) mass is 1060 g/mol. The zero-order valence-electron chi connectivity index (χ0n) is 51.1. The van der Waals surface area contributed by atoms with Gasteiger partial charge in [-0.25, -0.2) is 0 Å². The predicted molar refractivity (Wildman–Crippen MR) is 326 cm³/mol. The number of hydrogen-bond acceptors (Lipinski definition) is 6. The van der Waals surface area contributed by atoms with Crippen molar-refractivity contribution in [3.8, 4) is 0 Å². The number of carbonyl (C=O) groups excluding carboxylic acids is 3. The molecule has 1 atom stereocenters. The normalized spacial score (nSPS) is 12.0. The number of hydrogen-bond donors (Lipinski definition) is 0. The van der Waals surface area contributed by atoms with Crippen molar-refractivity contribution in [2.75, 3.05) is 13.2 Å². The quantitative estimate of drug-likeness (QED) is 0.0261. The van der Waals surface area contributed by atoms with Crippen molar-refractivity contribution in [2.24, 2.45) is 0 Å². The number of rotatable bonds is 64. The minimum atomic E-state index is -0.765. The number of carbonyl (C=O) groups is 3. The van der Waals surface area contributed by atoms with Crippen molar-refractivity contribution in [2.45, 2.75) is 399 Å². The van der Waals surface area contributed by atoms with E-state index in [1.165, 1.54) is 295 Å². The molecule has 444 valence electrons. The van der Waals surface area contributed by atoms with Gasteiger partial charge < -0.3 is 14.2 Å². The fourth-order valence-electron chi connectivity index (χ4n) is 10.6. The molecule has 0 aliphatic carbocycles. The number of unbranched alkanes of at least 4 members (excludes halogenated alkanes) is 51. The molecule has 0 aliphatic heterocycles. The molecule has 0 spiro atoms. The SMILES string of the molecule is CCCCCCCCCC/C=C\CCCCCCCCCCCC(=O)OC(COC(=O)CCCCCCCC)COC(=O)CCCCCCCCCCCCCCCCCCCCCCCCCCCCCCCC. The van der Waals surface area contributed by atoms with Crippen LogP contribution in [0.15, 0.2) is 12.2 Å². The van der Waals surface area contributed by atoms with Crippen molar-refractivity contribution >= 4 is 17.9 Å². The molecule has 0 bridgehead atoms. The van der Waals surface area contributed by atoms with Crippen LogP contribution in [0.5, 0.6) is 0 Å². The Bertz CT molecular complexity index is 1170. The molecule has 0 aromatic carbocycles. The zero-order chi connectivity index (χ0) is 54.3. The fourth-order valence-corrected chi connectivity index (χ4v) is 10.6. The van der Waals surface area contributed by atoms with Crippen LogP contribution in [0.3, 0.4) is 0 Å². The maximum Gasteiger partial charge on any atom is 0.306 e. The number of allylic oxidation sites excluding steroid dienone is 2. The lowest BCUT2D eigenvalue weighted by atomic mass is 10.0. The van der Waals surface area contributed by atoms with Gasteiger partial charge in [0.15, 0.2) is 6.10 Å². The van der Waals surface area contributed by atoms with E-state index in [0.29, 0.717) is 19.3 Å². The number of esters is 3. The molecule has 0 saturated heterocycles. The highest BCUT2D eigenvalue weighted by atomic mass is 16.6. The van der Waals surface area contributed by atoms with Gasteiger partial charge in [-0.05, 0) is 44.9 Å². The summed E-state index contributed by atoms with van der Waals surface area (Å²) in [5, 5.41) is 0. The highest BCUT2D eigenvalue weighted by Gasteiger charge is 2.19. The lowest BCUT2D eigenvalue weighted by molar-refractivity contribution is -0.167. The third-order valence-corrected chi connectivity index (χ3v) is 15.8. The summed E-state index contributed by atoms with van der Waals surface area (Å²) in [5.41, 5.74) is 0.